The number of benzene rings is 1. The quantitative estimate of drug-likeness (QED) is 0.102. The summed E-state index contributed by atoms with van der Waals surface area (Å²) in [5.74, 6) is -1.59. The summed E-state index contributed by atoms with van der Waals surface area (Å²) in [4.78, 5) is 71.9. The van der Waals surface area contributed by atoms with E-state index in [0.29, 0.717) is 5.56 Å². The fraction of sp³-hybridized carbons (Fsp3) is 0.419. The van der Waals surface area contributed by atoms with Gasteiger partial charge >= 0.3 is 6.72 Å². The van der Waals surface area contributed by atoms with Crippen molar-refractivity contribution in [1.82, 2.24) is 39.0 Å². The molecule has 55 heavy (non-hydrogen) atoms. The first-order chi connectivity index (χ1) is 26.2. The van der Waals surface area contributed by atoms with E-state index in [1.54, 1.807) is 44.2 Å². The summed E-state index contributed by atoms with van der Waals surface area (Å²) < 4.78 is 56.6. The molecule has 4 aromatic heterocycles. The van der Waals surface area contributed by atoms with Crippen LogP contribution in [0.2, 0.25) is 0 Å². The van der Waals surface area contributed by atoms with Crippen LogP contribution in [0.15, 0.2) is 54.1 Å². The number of rotatable bonds is 11. The number of anilines is 2. The number of ether oxygens (including phenoxy) is 2. The molecule has 1 aliphatic carbocycles. The maximum atomic E-state index is 16.1. The van der Waals surface area contributed by atoms with Crippen molar-refractivity contribution in [2.45, 2.75) is 68.7 Å². The van der Waals surface area contributed by atoms with Crippen LogP contribution >= 0.6 is 6.72 Å². The van der Waals surface area contributed by atoms with Gasteiger partial charge < -0.3 is 29.9 Å². The molecular weight excluding hydrogens is 773 g/mol. The Balaban J connectivity index is 0.987. The Bertz CT molecular complexity index is 2420. The Morgan fingerprint density at radius 3 is 2.42 bits per heavy atom. The van der Waals surface area contributed by atoms with Crippen LogP contribution in [0.3, 0.4) is 0 Å². The number of H-pyrrole nitrogens is 1. The van der Waals surface area contributed by atoms with Gasteiger partial charge in [-0.15, -0.1) is 0 Å². The van der Waals surface area contributed by atoms with E-state index in [1.165, 1.54) is 10.9 Å². The number of aromatic amines is 1. The first kappa shape index (κ1) is 37.2. The number of aromatic nitrogens is 8. The third kappa shape index (κ3) is 6.39. The Morgan fingerprint density at radius 2 is 1.75 bits per heavy atom. The molecule has 10 atom stereocenters. The van der Waals surface area contributed by atoms with E-state index >= 15 is 8.78 Å². The molecule has 6 N–H and O–H groups in total. The van der Waals surface area contributed by atoms with Gasteiger partial charge in [-0.3, -0.25) is 42.9 Å². The molecular formula is C31H31F2N10O10PS. The molecule has 2 aliphatic heterocycles. The number of aliphatic hydroxyl groups excluding tert-OH is 1. The largest absolute Gasteiger partial charge is 0.394 e. The zero-order valence-electron chi connectivity index (χ0n) is 28.5. The molecule has 290 valence electrons. The predicted molar refractivity (Wildman–Crippen MR) is 187 cm³/mol. The third-order valence-electron chi connectivity index (χ3n) is 9.37. The van der Waals surface area contributed by atoms with Gasteiger partial charge in [0.2, 0.25) is 11.9 Å². The summed E-state index contributed by atoms with van der Waals surface area (Å²) >= 11 is 5.18. The van der Waals surface area contributed by atoms with Crippen molar-refractivity contribution in [2.24, 2.45) is 5.92 Å². The number of alkyl halides is 2. The summed E-state index contributed by atoms with van der Waals surface area (Å²) in [7, 11) is 0. The lowest BCUT2D eigenvalue weighted by molar-refractivity contribution is -0.118. The first-order valence-corrected chi connectivity index (χ1v) is 19.2. The molecule has 1 aromatic carbocycles. The van der Waals surface area contributed by atoms with Crippen molar-refractivity contribution < 1.29 is 52.0 Å². The van der Waals surface area contributed by atoms with E-state index in [2.05, 4.69) is 40.5 Å². The lowest BCUT2D eigenvalue weighted by Crippen LogP contribution is -2.35. The molecule has 3 fully saturated rings. The molecule has 24 heteroatoms. The van der Waals surface area contributed by atoms with Crippen molar-refractivity contribution in [3.63, 3.8) is 0 Å². The van der Waals surface area contributed by atoms with Crippen molar-refractivity contribution >= 4 is 64.4 Å². The maximum Gasteiger partial charge on any atom is 0.325 e. The van der Waals surface area contributed by atoms with Crippen molar-refractivity contribution in [2.75, 3.05) is 17.2 Å². The normalized spacial score (nSPS) is 29.7. The van der Waals surface area contributed by atoms with Gasteiger partial charge in [0, 0.05) is 11.5 Å². The zero-order chi connectivity index (χ0) is 39.0. The van der Waals surface area contributed by atoms with E-state index in [4.69, 9.17) is 30.3 Å². The predicted octanol–water partition coefficient (Wildman–Crippen LogP) is 1.00. The van der Waals surface area contributed by atoms with Gasteiger partial charge in [0.25, 0.3) is 11.5 Å². The fourth-order valence-corrected chi connectivity index (χ4v) is 8.17. The standard InChI is InChI=1S/C31H31F2N10O10PS/c1-12(2)25(45)40-30-39-24-17(27(47)41-30)37-11-43(24)28-18(15(32)14(8-44)50-28)52-54(49,55)53-21-20-31(21,48)19(33)29(51-20)42-10-36-16-22(34-9-35-23(16)42)38-26(46)13-6-4-3-5-7-13/h3-7,9-12,14-15,18-21,28-29,44,48H,8H2,1-2H3,(H,49,55)(H,34,35,38,46)(H2,39,40,41,45,47)/t14-,15-,18-,19+,20-,21?,28-,29-,31+,54?/m1/s1. The number of hydrogen-bond acceptors (Lipinski definition) is 15. The van der Waals surface area contributed by atoms with Crippen LogP contribution in [-0.4, -0.2) is 115 Å². The van der Waals surface area contributed by atoms with Crippen LogP contribution in [0.4, 0.5) is 20.5 Å². The Labute approximate surface area is 312 Å². The maximum absolute atomic E-state index is 16.1. The second-order valence-corrected chi connectivity index (χ2v) is 16.0. The Kier molecular flexibility index (Phi) is 9.33. The molecule has 2 saturated heterocycles. The number of fused-ring (bicyclic) bond motifs is 3. The Hall–Kier alpha value is -4.71. The van der Waals surface area contributed by atoms with Gasteiger partial charge in [-0.25, -0.2) is 28.7 Å². The van der Waals surface area contributed by atoms with Crippen LogP contribution in [0.5, 0.6) is 0 Å². The van der Waals surface area contributed by atoms with Crippen LogP contribution in [-0.2, 0) is 35.1 Å². The highest BCUT2D eigenvalue weighted by Crippen LogP contribution is 2.63. The summed E-state index contributed by atoms with van der Waals surface area (Å²) in [6.07, 6.45) is -10.2. The highest BCUT2D eigenvalue weighted by molar-refractivity contribution is 8.07. The average molecular weight is 805 g/mol. The van der Waals surface area contributed by atoms with Crippen molar-refractivity contribution in [3.8, 4) is 0 Å². The SMILES string of the molecule is CC(C)C(=O)Nc1nc2c(ncn2[C@@H]2O[C@H](CO)[C@@H](F)[C@H]2OP(O)(=S)OC2[C@H]3O[C@@H](n4cnc5c(NC(=O)c6ccccc6)ncnc54)[C@H](F)[C@@]23O)c(=O)[nH]1. The molecule has 5 aromatic rings. The molecule has 0 radical (unpaired) electrons. The molecule has 2 unspecified atom stereocenters. The molecule has 1 saturated carbocycles. The van der Waals surface area contributed by atoms with E-state index in [-0.39, 0.29) is 34.1 Å². The van der Waals surface area contributed by atoms with Gasteiger partial charge in [0.15, 0.2) is 58.5 Å². The Morgan fingerprint density at radius 1 is 1.04 bits per heavy atom. The second kappa shape index (κ2) is 13.8. The summed E-state index contributed by atoms with van der Waals surface area (Å²) in [6, 6.07) is 8.34. The van der Waals surface area contributed by atoms with E-state index in [1.807, 2.05) is 0 Å². The highest BCUT2D eigenvalue weighted by atomic mass is 32.5. The van der Waals surface area contributed by atoms with Crippen LogP contribution in [0, 0.1) is 5.92 Å². The topological polar surface area (TPSA) is 263 Å². The van der Waals surface area contributed by atoms with Crippen molar-refractivity contribution in [3.05, 3.63) is 65.2 Å². The van der Waals surface area contributed by atoms with Gasteiger partial charge in [-0.1, -0.05) is 32.0 Å². The number of nitrogens with one attached hydrogen (secondary N) is 3. The number of halogens is 2. The summed E-state index contributed by atoms with van der Waals surface area (Å²) in [5.41, 5.74) is -2.94. The zero-order valence-corrected chi connectivity index (χ0v) is 30.2. The average Bonchev–Trinajstić information content (AvgIpc) is 3.68. The van der Waals surface area contributed by atoms with Gasteiger partial charge in [-0.05, 0) is 23.9 Å². The number of carbonyl (C=O) groups is 2. The minimum absolute atomic E-state index is 0.0441. The number of imidazole rings is 2. The smallest absolute Gasteiger partial charge is 0.325 e. The van der Waals surface area contributed by atoms with E-state index in [9.17, 15) is 29.5 Å². The monoisotopic (exact) mass is 804 g/mol. The summed E-state index contributed by atoms with van der Waals surface area (Å²) in [5, 5.41) is 26.2. The third-order valence-corrected chi connectivity index (χ3v) is 10.9. The second-order valence-electron chi connectivity index (χ2n) is 13.2. The number of nitrogens with zero attached hydrogens (tertiary/aromatic N) is 7. The van der Waals surface area contributed by atoms with Crippen LogP contribution in [0.25, 0.3) is 22.3 Å². The lowest BCUT2D eigenvalue weighted by atomic mass is 10.1. The molecule has 0 spiro atoms. The van der Waals surface area contributed by atoms with Gasteiger partial charge in [-0.2, -0.15) is 4.98 Å². The molecule has 3 aliphatic rings. The minimum atomic E-state index is -4.58. The number of carbonyl (C=O) groups excluding carboxylic acids is 2. The molecule has 0 bridgehead atoms. The first-order valence-electron chi connectivity index (χ1n) is 16.7. The minimum Gasteiger partial charge on any atom is -0.394 e. The fourth-order valence-electron chi connectivity index (χ4n) is 6.45. The lowest BCUT2D eigenvalue weighted by Gasteiger charge is -2.27. The van der Waals surface area contributed by atoms with Gasteiger partial charge in [0.1, 0.15) is 30.7 Å². The van der Waals surface area contributed by atoms with E-state index in [0.717, 1.165) is 17.2 Å². The van der Waals surface area contributed by atoms with E-state index < -0.39 is 91.4 Å². The molecule has 20 nitrogen and oxygen atoms in total. The summed E-state index contributed by atoms with van der Waals surface area (Å²) in [6.45, 7) is -2.17. The number of aliphatic hydroxyl groups is 2. The molecule has 2 amide bonds. The molecule has 6 heterocycles. The van der Waals surface area contributed by atoms with Crippen LogP contribution < -0.4 is 16.2 Å². The number of amides is 2. The van der Waals surface area contributed by atoms with Crippen molar-refractivity contribution in [1.29, 1.82) is 0 Å². The van der Waals surface area contributed by atoms with Crippen LogP contribution in [0.1, 0.15) is 36.7 Å². The number of hydrogen-bond donors (Lipinski definition) is 6. The highest BCUT2D eigenvalue weighted by Gasteiger charge is 2.80. The molecule has 8 rings (SSSR count). The van der Waals surface area contributed by atoms with Gasteiger partial charge in [0.05, 0.1) is 19.3 Å².